The molecule has 0 aliphatic carbocycles. The SMILES string of the molecule is O=C1CC(Nc2ccc(I)cc2)C2CCCN12. The van der Waals surface area contributed by atoms with Crippen molar-refractivity contribution in [1.82, 2.24) is 4.90 Å². The summed E-state index contributed by atoms with van der Waals surface area (Å²) < 4.78 is 1.23. The monoisotopic (exact) mass is 342 g/mol. The second kappa shape index (κ2) is 4.48. The van der Waals surface area contributed by atoms with Gasteiger partial charge in [0.1, 0.15) is 0 Å². The van der Waals surface area contributed by atoms with Crippen LogP contribution in [-0.4, -0.2) is 29.4 Å². The van der Waals surface area contributed by atoms with E-state index in [1.165, 1.54) is 3.57 Å². The summed E-state index contributed by atoms with van der Waals surface area (Å²) in [5.74, 6) is 0.315. The highest BCUT2D eigenvalue weighted by molar-refractivity contribution is 14.1. The molecule has 0 radical (unpaired) electrons. The molecular formula is C13H15IN2O. The summed E-state index contributed by atoms with van der Waals surface area (Å²) in [5, 5.41) is 3.50. The number of benzene rings is 1. The molecule has 3 rings (SSSR count). The second-order valence-electron chi connectivity index (χ2n) is 4.76. The van der Waals surface area contributed by atoms with Gasteiger partial charge in [0.15, 0.2) is 0 Å². The molecule has 2 heterocycles. The summed E-state index contributed by atoms with van der Waals surface area (Å²) >= 11 is 2.30. The van der Waals surface area contributed by atoms with Gasteiger partial charge in [-0.25, -0.2) is 0 Å². The molecule has 17 heavy (non-hydrogen) atoms. The van der Waals surface area contributed by atoms with Crippen molar-refractivity contribution in [2.75, 3.05) is 11.9 Å². The lowest BCUT2D eigenvalue weighted by Crippen LogP contribution is -2.34. The smallest absolute Gasteiger partial charge is 0.225 e. The van der Waals surface area contributed by atoms with Gasteiger partial charge in [0.05, 0.1) is 12.1 Å². The Hall–Kier alpha value is -0.780. The van der Waals surface area contributed by atoms with E-state index in [2.05, 4.69) is 52.2 Å². The van der Waals surface area contributed by atoms with Crippen LogP contribution in [0.3, 0.4) is 0 Å². The van der Waals surface area contributed by atoms with Gasteiger partial charge in [0.2, 0.25) is 5.91 Å². The number of rotatable bonds is 2. The predicted octanol–water partition coefficient (Wildman–Crippen LogP) is 2.47. The van der Waals surface area contributed by atoms with Crippen molar-refractivity contribution in [3.05, 3.63) is 27.8 Å². The average Bonchev–Trinajstić information content (AvgIpc) is 2.88. The van der Waals surface area contributed by atoms with Gasteiger partial charge >= 0.3 is 0 Å². The van der Waals surface area contributed by atoms with Crippen LogP contribution in [0.1, 0.15) is 19.3 Å². The van der Waals surface area contributed by atoms with E-state index in [4.69, 9.17) is 0 Å². The van der Waals surface area contributed by atoms with E-state index in [0.717, 1.165) is 25.1 Å². The maximum absolute atomic E-state index is 11.8. The summed E-state index contributed by atoms with van der Waals surface area (Å²) in [6.07, 6.45) is 2.95. The fraction of sp³-hybridized carbons (Fsp3) is 0.462. The van der Waals surface area contributed by atoms with Crippen LogP contribution in [-0.2, 0) is 4.79 Å². The average molecular weight is 342 g/mol. The van der Waals surface area contributed by atoms with Crippen molar-refractivity contribution in [2.45, 2.75) is 31.3 Å². The molecule has 0 bridgehead atoms. The van der Waals surface area contributed by atoms with E-state index < -0.39 is 0 Å². The van der Waals surface area contributed by atoms with Crippen molar-refractivity contribution < 1.29 is 4.79 Å². The lowest BCUT2D eigenvalue weighted by molar-refractivity contribution is -0.127. The maximum atomic E-state index is 11.8. The number of amides is 1. The lowest BCUT2D eigenvalue weighted by atomic mass is 10.1. The Kier molecular flexibility index (Phi) is 2.98. The molecule has 2 fully saturated rings. The summed E-state index contributed by atoms with van der Waals surface area (Å²) in [5.41, 5.74) is 1.12. The minimum Gasteiger partial charge on any atom is -0.380 e. The molecule has 0 aromatic heterocycles. The molecule has 0 spiro atoms. The van der Waals surface area contributed by atoms with Gasteiger partial charge in [0, 0.05) is 22.2 Å². The first-order chi connectivity index (χ1) is 8.24. The highest BCUT2D eigenvalue weighted by Gasteiger charge is 2.42. The van der Waals surface area contributed by atoms with Gasteiger partial charge in [-0.05, 0) is 59.7 Å². The summed E-state index contributed by atoms with van der Waals surface area (Å²) in [6, 6.07) is 9.07. The Balaban J connectivity index is 1.73. The fourth-order valence-electron chi connectivity index (χ4n) is 2.87. The quantitative estimate of drug-likeness (QED) is 0.838. The molecule has 90 valence electrons. The van der Waals surface area contributed by atoms with Crippen molar-refractivity contribution in [2.24, 2.45) is 0 Å². The Labute approximate surface area is 115 Å². The molecule has 3 nitrogen and oxygen atoms in total. The van der Waals surface area contributed by atoms with E-state index in [-0.39, 0.29) is 0 Å². The second-order valence-corrected chi connectivity index (χ2v) is 6.00. The molecule has 2 aliphatic rings. The van der Waals surface area contributed by atoms with Crippen LogP contribution in [0.2, 0.25) is 0 Å². The molecule has 2 unspecified atom stereocenters. The molecule has 2 atom stereocenters. The van der Waals surface area contributed by atoms with Gasteiger partial charge in [-0.15, -0.1) is 0 Å². The zero-order chi connectivity index (χ0) is 11.8. The van der Waals surface area contributed by atoms with Crippen LogP contribution >= 0.6 is 22.6 Å². The number of fused-ring (bicyclic) bond motifs is 1. The minimum absolute atomic E-state index is 0.296. The van der Waals surface area contributed by atoms with Crippen LogP contribution in [0.5, 0.6) is 0 Å². The molecule has 1 amide bonds. The normalized spacial score (nSPS) is 27.4. The first-order valence-electron chi connectivity index (χ1n) is 6.05. The zero-order valence-corrected chi connectivity index (χ0v) is 11.7. The minimum atomic E-state index is 0.296. The number of nitrogens with zero attached hydrogens (tertiary/aromatic N) is 1. The number of halogens is 1. The standard InChI is InChI=1S/C13H15IN2O/c14-9-3-5-10(6-4-9)15-11-8-13(17)16-7-1-2-12(11)16/h3-6,11-12,15H,1-2,7-8H2. The molecular weight excluding hydrogens is 327 g/mol. The van der Waals surface area contributed by atoms with Gasteiger partial charge in [0.25, 0.3) is 0 Å². The van der Waals surface area contributed by atoms with Crippen LogP contribution in [0, 0.1) is 3.57 Å². The van der Waals surface area contributed by atoms with Crippen LogP contribution in [0.4, 0.5) is 5.69 Å². The summed E-state index contributed by atoms with van der Waals surface area (Å²) in [7, 11) is 0. The maximum Gasteiger partial charge on any atom is 0.225 e. The van der Waals surface area contributed by atoms with Crippen molar-refractivity contribution >= 4 is 34.2 Å². The number of anilines is 1. The van der Waals surface area contributed by atoms with E-state index >= 15 is 0 Å². The van der Waals surface area contributed by atoms with Gasteiger partial charge < -0.3 is 10.2 Å². The number of hydrogen-bond donors (Lipinski definition) is 1. The van der Waals surface area contributed by atoms with Crippen LogP contribution < -0.4 is 5.32 Å². The third-order valence-electron chi connectivity index (χ3n) is 3.67. The molecule has 2 saturated heterocycles. The number of nitrogens with one attached hydrogen (secondary N) is 1. The van der Waals surface area contributed by atoms with Gasteiger partial charge in [-0.2, -0.15) is 0 Å². The summed E-state index contributed by atoms with van der Waals surface area (Å²) in [4.78, 5) is 13.8. The van der Waals surface area contributed by atoms with Crippen LogP contribution in [0.25, 0.3) is 0 Å². The topological polar surface area (TPSA) is 32.3 Å². The van der Waals surface area contributed by atoms with E-state index in [9.17, 15) is 4.79 Å². The van der Waals surface area contributed by atoms with E-state index in [0.29, 0.717) is 24.4 Å². The molecule has 1 aromatic carbocycles. The Morgan fingerprint density at radius 2 is 2.06 bits per heavy atom. The van der Waals surface area contributed by atoms with Gasteiger partial charge in [-0.3, -0.25) is 4.79 Å². The van der Waals surface area contributed by atoms with Crippen LogP contribution in [0.15, 0.2) is 24.3 Å². The molecule has 4 heteroatoms. The third-order valence-corrected chi connectivity index (χ3v) is 4.39. The highest BCUT2D eigenvalue weighted by atomic mass is 127. The summed E-state index contributed by atoms with van der Waals surface area (Å²) in [6.45, 7) is 0.953. The highest BCUT2D eigenvalue weighted by Crippen LogP contribution is 2.31. The molecule has 2 aliphatic heterocycles. The number of carbonyl (C=O) groups is 1. The zero-order valence-electron chi connectivity index (χ0n) is 9.53. The number of carbonyl (C=O) groups excluding carboxylic acids is 1. The van der Waals surface area contributed by atoms with E-state index in [1.54, 1.807) is 0 Å². The van der Waals surface area contributed by atoms with Crippen molar-refractivity contribution in [3.63, 3.8) is 0 Å². The van der Waals surface area contributed by atoms with Crippen molar-refractivity contribution in [1.29, 1.82) is 0 Å². The lowest BCUT2D eigenvalue weighted by Gasteiger charge is -2.21. The fourth-order valence-corrected chi connectivity index (χ4v) is 3.23. The Bertz CT molecular complexity index is 432. The Morgan fingerprint density at radius 3 is 2.82 bits per heavy atom. The van der Waals surface area contributed by atoms with Crippen molar-refractivity contribution in [3.8, 4) is 0 Å². The predicted molar refractivity (Wildman–Crippen MR) is 75.9 cm³/mol. The molecule has 0 saturated carbocycles. The first kappa shape index (κ1) is 11.3. The van der Waals surface area contributed by atoms with E-state index in [1.807, 2.05) is 4.90 Å². The number of hydrogen-bond acceptors (Lipinski definition) is 2. The molecule has 1 N–H and O–H groups in total. The third kappa shape index (κ3) is 2.14. The largest absolute Gasteiger partial charge is 0.380 e. The first-order valence-corrected chi connectivity index (χ1v) is 7.13. The molecule has 1 aromatic rings. The van der Waals surface area contributed by atoms with Gasteiger partial charge in [-0.1, -0.05) is 0 Å². The Morgan fingerprint density at radius 1 is 1.29 bits per heavy atom.